The van der Waals surface area contributed by atoms with E-state index >= 15 is 0 Å². The van der Waals surface area contributed by atoms with Gasteiger partial charge in [0.1, 0.15) is 6.04 Å². The van der Waals surface area contributed by atoms with Crippen LogP contribution in [0.4, 0.5) is 5.13 Å². The summed E-state index contributed by atoms with van der Waals surface area (Å²) in [5, 5.41) is 1.06. The molecule has 2 aliphatic heterocycles. The Morgan fingerprint density at radius 2 is 1.80 bits per heavy atom. The monoisotopic (exact) mass is 364 g/mol. The minimum Gasteiger partial charge on any atom is -0.345 e. The second-order valence-corrected chi connectivity index (χ2v) is 8.48. The molecule has 25 heavy (non-hydrogen) atoms. The van der Waals surface area contributed by atoms with Crippen LogP contribution in [-0.2, 0) is 9.59 Å². The normalized spacial score (nSPS) is 21.3. The van der Waals surface area contributed by atoms with Gasteiger partial charge in [0, 0.05) is 43.5 Å². The molecule has 0 N–H and O–H groups in total. The maximum absolute atomic E-state index is 12.9. The van der Waals surface area contributed by atoms with Crippen molar-refractivity contribution >= 4 is 28.3 Å². The molecule has 1 aromatic heterocycles. The number of anilines is 1. The van der Waals surface area contributed by atoms with Crippen molar-refractivity contribution in [2.24, 2.45) is 5.92 Å². The predicted molar refractivity (Wildman–Crippen MR) is 100.0 cm³/mol. The van der Waals surface area contributed by atoms with Gasteiger partial charge in [0.25, 0.3) is 0 Å². The zero-order valence-corrected chi connectivity index (χ0v) is 16.4. The van der Waals surface area contributed by atoms with Crippen molar-refractivity contribution in [1.29, 1.82) is 0 Å². The summed E-state index contributed by atoms with van der Waals surface area (Å²) >= 11 is 1.72. The third-order valence-electron chi connectivity index (χ3n) is 5.19. The van der Waals surface area contributed by atoms with E-state index in [1.165, 1.54) is 4.88 Å². The summed E-state index contributed by atoms with van der Waals surface area (Å²) in [6, 6.07) is -0.259. The Hall–Kier alpha value is -1.63. The number of likely N-dealkylation sites (tertiary alicyclic amines) is 1. The zero-order chi connectivity index (χ0) is 18.1. The van der Waals surface area contributed by atoms with Crippen LogP contribution in [0.5, 0.6) is 0 Å². The molecule has 1 unspecified atom stereocenters. The Morgan fingerprint density at radius 1 is 1.12 bits per heavy atom. The van der Waals surface area contributed by atoms with E-state index in [1.807, 2.05) is 25.7 Å². The van der Waals surface area contributed by atoms with Gasteiger partial charge >= 0.3 is 0 Å². The highest BCUT2D eigenvalue weighted by Crippen LogP contribution is 2.27. The Balaban J connectivity index is 1.60. The number of nitrogens with zero attached hydrogens (tertiary/aromatic N) is 4. The molecule has 2 fully saturated rings. The number of hydrogen-bond acceptors (Lipinski definition) is 5. The smallest absolute Gasteiger partial charge is 0.245 e. The molecule has 1 atom stereocenters. The molecule has 1 aromatic rings. The fourth-order valence-electron chi connectivity index (χ4n) is 3.54. The fourth-order valence-corrected chi connectivity index (χ4v) is 4.50. The summed E-state index contributed by atoms with van der Waals surface area (Å²) in [5.41, 5.74) is 1.09. The first-order valence-electron chi connectivity index (χ1n) is 9.16. The van der Waals surface area contributed by atoms with Crippen LogP contribution in [0.3, 0.4) is 0 Å². The van der Waals surface area contributed by atoms with Gasteiger partial charge in [-0.15, -0.1) is 11.3 Å². The highest BCUT2D eigenvalue weighted by molar-refractivity contribution is 7.15. The number of thiazole rings is 1. The summed E-state index contributed by atoms with van der Waals surface area (Å²) in [7, 11) is 0. The number of carbonyl (C=O) groups excluding carboxylic acids is 2. The van der Waals surface area contributed by atoms with Crippen molar-refractivity contribution in [2.75, 3.05) is 37.6 Å². The number of aryl methyl sites for hydroxylation is 2. The van der Waals surface area contributed by atoms with Gasteiger partial charge in [-0.05, 0) is 26.7 Å². The molecule has 3 heterocycles. The average Bonchev–Trinajstić information content (AvgIpc) is 3.21. The van der Waals surface area contributed by atoms with Crippen molar-refractivity contribution in [1.82, 2.24) is 14.8 Å². The van der Waals surface area contributed by atoms with Gasteiger partial charge in [0.15, 0.2) is 5.13 Å². The van der Waals surface area contributed by atoms with Crippen LogP contribution in [0.25, 0.3) is 0 Å². The Bertz CT molecular complexity index is 630. The minimum absolute atomic E-state index is 0.0540. The predicted octanol–water partition coefficient (Wildman–Crippen LogP) is 2.06. The molecular weight excluding hydrogens is 336 g/mol. The second-order valence-electron chi connectivity index (χ2n) is 7.29. The van der Waals surface area contributed by atoms with Gasteiger partial charge < -0.3 is 14.7 Å². The summed E-state index contributed by atoms with van der Waals surface area (Å²) < 4.78 is 0. The molecule has 2 aliphatic rings. The van der Waals surface area contributed by atoms with E-state index in [-0.39, 0.29) is 23.8 Å². The first-order chi connectivity index (χ1) is 11.9. The third-order valence-corrected chi connectivity index (χ3v) is 6.33. The zero-order valence-electron chi connectivity index (χ0n) is 15.6. The molecular formula is C18H28N4O2S. The van der Waals surface area contributed by atoms with E-state index in [2.05, 4.69) is 16.8 Å². The molecule has 2 saturated heterocycles. The number of rotatable bonds is 3. The third kappa shape index (κ3) is 3.66. The number of amides is 2. The van der Waals surface area contributed by atoms with Gasteiger partial charge in [0.2, 0.25) is 11.8 Å². The minimum atomic E-state index is -0.259. The van der Waals surface area contributed by atoms with Gasteiger partial charge in [0.05, 0.1) is 5.69 Å². The van der Waals surface area contributed by atoms with E-state index in [4.69, 9.17) is 0 Å². The number of piperazine rings is 1. The highest BCUT2D eigenvalue weighted by Gasteiger charge is 2.38. The van der Waals surface area contributed by atoms with Crippen LogP contribution >= 0.6 is 11.3 Å². The van der Waals surface area contributed by atoms with E-state index in [0.29, 0.717) is 19.6 Å². The molecule has 0 aromatic carbocycles. The number of aromatic nitrogens is 1. The molecule has 0 bridgehead atoms. The van der Waals surface area contributed by atoms with Crippen LogP contribution in [0.2, 0.25) is 0 Å². The standard InChI is InChI=1S/C18H28N4O2S/c1-12(2)16(23)22-7-5-6-15(22)17(24)20-8-10-21(11-9-20)18-19-13(3)14(4)25-18/h12,15H,5-11H2,1-4H3. The summed E-state index contributed by atoms with van der Waals surface area (Å²) in [4.78, 5) is 37.2. The maximum atomic E-state index is 12.9. The van der Waals surface area contributed by atoms with Crippen molar-refractivity contribution in [3.8, 4) is 0 Å². The number of hydrogen-bond donors (Lipinski definition) is 0. The largest absolute Gasteiger partial charge is 0.345 e. The lowest BCUT2D eigenvalue weighted by Crippen LogP contribution is -2.54. The highest BCUT2D eigenvalue weighted by atomic mass is 32.1. The lowest BCUT2D eigenvalue weighted by Gasteiger charge is -2.37. The Morgan fingerprint density at radius 3 is 2.36 bits per heavy atom. The van der Waals surface area contributed by atoms with Crippen LogP contribution in [0.15, 0.2) is 0 Å². The van der Waals surface area contributed by atoms with Gasteiger partial charge in [-0.2, -0.15) is 0 Å². The Kier molecular flexibility index (Phi) is 5.32. The summed E-state index contributed by atoms with van der Waals surface area (Å²) in [6.45, 7) is 11.7. The fraction of sp³-hybridized carbons (Fsp3) is 0.722. The van der Waals surface area contributed by atoms with E-state index < -0.39 is 0 Å². The lowest BCUT2D eigenvalue weighted by atomic mass is 10.1. The van der Waals surface area contributed by atoms with Crippen LogP contribution in [-0.4, -0.2) is 65.4 Å². The molecule has 138 valence electrons. The average molecular weight is 365 g/mol. The maximum Gasteiger partial charge on any atom is 0.245 e. The van der Waals surface area contributed by atoms with Gasteiger partial charge in [-0.3, -0.25) is 9.59 Å². The van der Waals surface area contributed by atoms with Gasteiger partial charge in [-0.25, -0.2) is 4.98 Å². The molecule has 0 spiro atoms. The van der Waals surface area contributed by atoms with Crippen molar-refractivity contribution in [3.05, 3.63) is 10.6 Å². The summed E-state index contributed by atoms with van der Waals surface area (Å²) in [5.74, 6) is 0.169. The first-order valence-corrected chi connectivity index (χ1v) is 9.98. The van der Waals surface area contributed by atoms with Crippen molar-refractivity contribution < 1.29 is 9.59 Å². The van der Waals surface area contributed by atoms with Crippen LogP contribution in [0.1, 0.15) is 37.3 Å². The van der Waals surface area contributed by atoms with Crippen LogP contribution < -0.4 is 4.90 Å². The van der Waals surface area contributed by atoms with Crippen molar-refractivity contribution in [3.63, 3.8) is 0 Å². The number of carbonyl (C=O) groups is 2. The van der Waals surface area contributed by atoms with Gasteiger partial charge in [-0.1, -0.05) is 13.8 Å². The molecule has 3 rings (SSSR count). The van der Waals surface area contributed by atoms with Crippen molar-refractivity contribution in [2.45, 2.75) is 46.6 Å². The lowest BCUT2D eigenvalue weighted by molar-refractivity contribution is -0.145. The molecule has 2 amide bonds. The first kappa shape index (κ1) is 18.2. The molecule has 0 radical (unpaired) electrons. The Labute approximate surface area is 153 Å². The van der Waals surface area contributed by atoms with E-state index in [0.717, 1.165) is 36.8 Å². The summed E-state index contributed by atoms with van der Waals surface area (Å²) in [6.07, 6.45) is 1.72. The van der Waals surface area contributed by atoms with E-state index in [1.54, 1.807) is 16.2 Å². The molecule has 0 aliphatic carbocycles. The molecule has 7 heteroatoms. The quantitative estimate of drug-likeness (QED) is 0.824. The molecule has 6 nitrogen and oxygen atoms in total. The topological polar surface area (TPSA) is 56.8 Å². The second kappa shape index (κ2) is 7.32. The molecule has 0 saturated carbocycles. The van der Waals surface area contributed by atoms with Crippen LogP contribution in [0, 0.1) is 19.8 Å². The SMILES string of the molecule is Cc1nc(N2CCN(C(=O)C3CCCN3C(=O)C(C)C)CC2)sc1C. The van der Waals surface area contributed by atoms with E-state index in [9.17, 15) is 9.59 Å².